The molecule has 1 unspecified atom stereocenters. The van der Waals surface area contributed by atoms with Gasteiger partial charge in [0, 0.05) is 11.3 Å². The minimum atomic E-state index is -0.337. The van der Waals surface area contributed by atoms with Gasteiger partial charge >= 0.3 is 0 Å². The summed E-state index contributed by atoms with van der Waals surface area (Å²) in [6.45, 7) is 6.08. The number of amides is 1. The van der Waals surface area contributed by atoms with Crippen molar-refractivity contribution in [2.24, 2.45) is 5.10 Å². The highest BCUT2D eigenvalue weighted by atomic mass is 16.2. The molecule has 1 atom stereocenters. The van der Waals surface area contributed by atoms with E-state index in [4.69, 9.17) is 0 Å². The maximum absolute atomic E-state index is 12.5. The molecule has 2 N–H and O–H groups in total. The molecule has 138 valence electrons. The third-order valence-electron chi connectivity index (χ3n) is 4.64. The first kappa shape index (κ1) is 18.6. The van der Waals surface area contributed by atoms with Crippen molar-refractivity contribution in [3.05, 3.63) is 77.4 Å². The fourth-order valence-corrected chi connectivity index (χ4v) is 3.12. The van der Waals surface area contributed by atoms with Crippen LogP contribution in [0.15, 0.2) is 65.8 Å². The molecule has 0 saturated heterocycles. The van der Waals surface area contributed by atoms with E-state index in [1.54, 1.807) is 6.21 Å². The van der Waals surface area contributed by atoms with Crippen molar-refractivity contribution in [1.29, 1.82) is 0 Å². The molecule has 0 aromatic heterocycles. The van der Waals surface area contributed by atoms with Crippen LogP contribution in [0.25, 0.3) is 10.8 Å². The Morgan fingerprint density at radius 1 is 1.07 bits per heavy atom. The zero-order valence-corrected chi connectivity index (χ0v) is 16.0. The molecule has 0 bridgehead atoms. The lowest BCUT2D eigenvalue weighted by atomic mass is 10.1. The van der Waals surface area contributed by atoms with E-state index in [1.165, 1.54) is 5.56 Å². The minimum Gasteiger partial charge on any atom is -0.373 e. The van der Waals surface area contributed by atoms with E-state index in [2.05, 4.69) is 47.0 Å². The Morgan fingerprint density at radius 3 is 2.63 bits per heavy atom. The molecule has 4 heteroatoms. The molecule has 0 radical (unpaired) electrons. The summed E-state index contributed by atoms with van der Waals surface area (Å²) in [5, 5.41) is 9.75. The quantitative estimate of drug-likeness (QED) is 0.491. The highest BCUT2D eigenvalue weighted by molar-refractivity contribution is 6.00. The Kier molecular flexibility index (Phi) is 5.87. The summed E-state index contributed by atoms with van der Waals surface area (Å²) in [7, 11) is 0. The third kappa shape index (κ3) is 4.53. The number of carbonyl (C=O) groups is 1. The van der Waals surface area contributed by atoms with E-state index in [1.807, 2.05) is 50.2 Å². The van der Waals surface area contributed by atoms with Gasteiger partial charge in [-0.25, -0.2) is 5.43 Å². The molecule has 27 heavy (non-hydrogen) atoms. The van der Waals surface area contributed by atoms with E-state index >= 15 is 0 Å². The van der Waals surface area contributed by atoms with Gasteiger partial charge in [-0.3, -0.25) is 4.79 Å². The predicted octanol–water partition coefficient (Wildman–Crippen LogP) is 4.80. The second-order valence-electron chi connectivity index (χ2n) is 6.73. The Balaban J connectivity index is 1.68. The second kappa shape index (κ2) is 8.49. The molecule has 0 heterocycles. The highest BCUT2D eigenvalue weighted by Gasteiger charge is 2.16. The standard InChI is InChI=1S/C23H25N3O/c1-4-21(25-22-13-12-16(2)14-17(22)3)23(27)26-24-15-19-10-7-9-18-8-5-6-11-20(18)19/h5-15,21,25H,4H2,1-3H3,(H,26,27). The molecule has 4 nitrogen and oxygen atoms in total. The van der Waals surface area contributed by atoms with Gasteiger partial charge in [0.15, 0.2) is 0 Å². The molecule has 1 amide bonds. The van der Waals surface area contributed by atoms with Crippen LogP contribution in [-0.2, 0) is 4.79 Å². The van der Waals surface area contributed by atoms with Crippen molar-refractivity contribution < 1.29 is 4.79 Å². The van der Waals surface area contributed by atoms with Crippen molar-refractivity contribution in [3.63, 3.8) is 0 Å². The number of hydrogen-bond donors (Lipinski definition) is 2. The summed E-state index contributed by atoms with van der Waals surface area (Å²) in [6, 6.07) is 20.0. The Morgan fingerprint density at radius 2 is 1.85 bits per heavy atom. The van der Waals surface area contributed by atoms with Gasteiger partial charge in [-0.2, -0.15) is 5.10 Å². The number of benzene rings is 3. The average Bonchev–Trinajstić information content (AvgIpc) is 2.67. The molecular formula is C23H25N3O. The van der Waals surface area contributed by atoms with Gasteiger partial charge in [-0.1, -0.05) is 67.1 Å². The van der Waals surface area contributed by atoms with Crippen molar-refractivity contribution in [2.45, 2.75) is 33.2 Å². The van der Waals surface area contributed by atoms with Crippen LogP contribution in [0.2, 0.25) is 0 Å². The number of fused-ring (bicyclic) bond motifs is 1. The molecule has 0 fully saturated rings. The number of rotatable bonds is 6. The molecule has 0 aliphatic heterocycles. The molecule has 0 aliphatic rings. The van der Waals surface area contributed by atoms with Crippen molar-refractivity contribution >= 4 is 28.6 Å². The van der Waals surface area contributed by atoms with Crippen LogP contribution >= 0.6 is 0 Å². The molecule has 0 saturated carbocycles. The summed E-state index contributed by atoms with van der Waals surface area (Å²) in [5.74, 6) is -0.144. The van der Waals surface area contributed by atoms with Crippen LogP contribution < -0.4 is 10.7 Å². The van der Waals surface area contributed by atoms with E-state index in [0.29, 0.717) is 6.42 Å². The van der Waals surface area contributed by atoms with Crippen LogP contribution in [0.3, 0.4) is 0 Å². The molecule has 0 spiro atoms. The number of anilines is 1. The Bertz CT molecular complexity index is 973. The van der Waals surface area contributed by atoms with E-state index in [9.17, 15) is 4.79 Å². The molecule has 3 rings (SSSR count). The number of hydrogen-bond acceptors (Lipinski definition) is 3. The van der Waals surface area contributed by atoms with Gasteiger partial charge in [0.05, 0.1) is 6.21 Å². The van der Waals surface area contributed by atoms with Crippen LogP contribution in [0.5, 0.6) is 0 Å². The largest absolute Gasteiger partial charge is 0.373 e. The summed E-state index contributed by atoms with van der Waals surface area (Å²) in [4.78, 5) is 12.5. The van der Waals surface area contributed by atoms with Crippen LogP contribution in [0.1, 0.15) is 30.0 Å². The van der Waals surface area contributed by atoms with Gasteiger partial charge in [0.2, 0.25) is 0 Å². The van der Waals surface area contributed by atoms with Gasteiger partial charge < -0.3 is 5.32 Å². The maximum Gasteiger partial charge on any atom is 0.262 e. The lowest BCUT2D eigenvalue weighted by Gasteiger charge is -2.18. The maximum atomic E-state index is 12.5. The first-order valence-corrected chi connectivity index (χ1v) is 9.23. The third-order valence-corrected chi connectivity index (χ3v) is 4.64. The summed E-state index contributed by atoms with van der Waals surface area (Å²) >= 11 is 0. The SMILES string of the molecule is CCC(Nc1ccc(C)cc1C)C(=O)NN=Cc1cccc2ccccc12. The molecule has 3 aromatic rings. The van der Waals surface area contributed by atoms with Gasteiger partial charge in [-0.15, -0.1) is 0 Å². The number of nitrogens with zero attached hydrogens (tertiary/aromatic N) is 1. The molecular weight excluding hydrogens is 334 g/mol. The zero-order valence-electron chi connectivity index (χ0n) is 16.0. The Labute approximate surface area is 160 Å². The van der Waals surface area contributed by atoms with Crippen molar-refractivity contribution in [1.82, 2.24) is 5.43 Å². The van der Waals surface area contributed by atoms with E-state index < -0.39 is 0 Å². The fraction of sp³-hybridized carbons (Fsp3) is 0.217. The average molecular weight is 359 g/mol. The summed E-state index contributed by atoms with van der Waals surface area (Å²) < 4.78 is 0. The lowest BCUT2D eigenvalue weighted by molar-refractivity contribution is -0.121. The van der Waals surface area contributed by atoms with Crippen molar-refractivity contribution in [2.75, 3.05) is 5.32 Å². The van der Waals surface area contributed by atoms with Crippen LogP contribution in [-0.4, -0.2) is 18.2 Å². The van der Waals surface area contributed by atoms with E-state index in [-0.39, 0.29) is 11.9 Å². The number of nitrogens with one attached hydrogen (secondary N) is 2. The van der Waals surface area contributed by atoms with Crippen molar-refractivity contribution in [3.8, 4) is 0 Å². The number of hydrazone groups is 1. The molecule has 3 aromatic carbocycles. The normalized spacial score (nSPS) is 12.3. The smallest absolute Gasteiger partial charge is 0.262 e. The van der Waals surface area contributed by atoms with Gasteiger partial charge in [-0.05, 0) is 42.7 Å². The zero-order chi connectivity index (χ0) is 19.2. The summed E-state index contributed by atoms with van der Waals surface area (Å²) in [5.41, 5.74) is 6.94. The summed E-state index contributed by atoms with van der Waals surface area (Å²) in [6.07, 6.45) is 2.37. The second-order valence-corrected chi connectivity index (χ2v) is 6.73. The molecule has 0 aliphatic carbocycles. The highest BCUT2D eigenvalue weighted by Crippen LogP contribution is 2.18. The van der Waals surface area contributed by atoms with Gasteiger partial charge in [0.25, 0.3) is 5.91 Å². The first-order valence-electron chi connectivity index (χ1n) is 9.23. The predicted molar refractivity (Wildman–Crippen MR) is 113 cm³/mol. The van der Waals surface area contributed by atoms with Gasteiger partial charge in [0.1, 0.15) is 6.04 Å². The number of aryl methyl sites for hydroxylation is 2. The monoisotopic (exact) mass is 359 g/mol. The Hall–Kier alpha value is -3.14. The lowest BCUT2D eigenvalue weighted by Crippen LogP contribution is -2.37. The topological polar surface area (TPSA) is 53.5 Å². The fourth-order valence-electron chi connectivity index (χ4n) is 3.12. The minimum absolute atomic E-state index is 0.144. The first-order chi connectivity index (χ1) is 13.1. The number of carbonyl (C=O) groups excluding carboxylic acids is 1. The van der Waals surface area contributed by atoms with E-state index in [0.717, 1.165) is 27.6 Å². The van der Waals surface area contributed by atoms with Crippen LogP contribution in [0.4, 0.5) is 5.69 Å². The van der Waals surface area contributed by atoms with Crippen LogP contribution in [0, 0.1) is 13.8 Å².